The van der Waals surface area contributed by atoms with E-state index in [4.69, 9.17) is 0 Å². The van der Waals surface area contributed by atoms with Gasteiger partial charge in [-0.2, -0.15) is 0 Å². The van der Waals surface area contributed by atoms with E-state index in [-0.39, 0.29) is 30.6 Å². The highest BCUT2D eigenvalue weighted by molar-refractivity contribution is 5.88. The van der Waals surface area contributed by atoms with Gasteiger partial charge in [0.2, 0.25) is 11.8 Å². The minimum Gasteiger partial charge on any atom is -0.350 e. The first-order valence-corrected chi connectivity index (χ1v) is 11.9. The van der Waals surface area contributed by atoms with Crippen LogP contribution >= 0.6 is 0 Å². The topological polar surface area (TPSA) is 62.3 Å². The van der Waals surface area contributed by atoms with E-state index < -0.39 is 6.04 Å². The molecule has 1 N–H and O–H groups in total. The number of pyridine rings is 1. The van der Waals surface area contributed by atoms with Crippen molar-refractivity contribution >= 4 is 11.8 Å². The second kappa shape index (κ2) is 12.4. The van der Waals surface area contributed by atoms with Crippen molar-refractivity contribution in [1.29, 1.82) is 0 Å². The zero-order valence-corrected chi connectivity index (χ0v) is 19.9. The van der Waals surface area contributed by atoms with Crippen LogP contribution in [0.2, 0.25) is 0 Å². The molecule has 1 atom stereocenters. The van der Waals surface area contributed by atoms with Gasteiger partial charge in [-0.1, -0.05) is 78.9 Å². The molecule has 1 aromatic heterocycles. The van der Waals surface area contributed by atoms with Crippen molar-refractivity contribution in [2.45, 2.75) is 32.0 Å². The molecular weight excluding hydrogens is 453 g/mol. The van der Waals surface area contributed by atoms with Gasteiger partial charge in [-0.3, -0.25) is 14.6 Å². The third kappa shape index (κ3) is 7.09. The average molecular weight is 482 g/mol. The van der Waals surface area contributed by atoms with Gasteiger partial charge in [-0.05, 0) is 40.5 Å². The normalized spacial score (nSPS) is 11.5. The molecule has 1 heterocycles. The summed E-state index contributed by atoms with van der Waals surface area (Å²) in [6.45, 7) is 0.485. The van der Waals surface area contributed by atoms with Gasteiger partial charge < -0.3 is 10.2 Å². The molecule has 5 nitrogen and oxygen atoms in total. The molecule has 0 fully saturated rings. The fourth-order valence-corrected chi connectivity index (χ4v) is 4.02. The second-order valence-corrected chi connectivity index (χ2v) is 8.60. The van der Waals surface area contributed by atoms with Gasteiger partial charge in [0, 0.05) is 31.9 Å². The minimum absolute atomic E-state index is 0.156. The van der Waals surface area contributed by atoms with E-state index >= 15 is 0 Å². The van der Waals surface area contributed by atoms with Crippen LogP contribution in [0, 0.1) is 5.82 Å². The molecule has 0 aliphatic carbocycles. The molecule has 3 aromatic carbocycles. The molecule has 0 saturated carbocycles. The number of hydrogen-bond donors (Lipinski definition) is 1. The standard InChI is InChI=1S/C30H28FN3O2/c31-27-15-13-25(14-16-27)22-34(29(35)19-24-10-5-2-6-11-24)28(18-23-8-3-1-4-9-23)30(36)33-21-26-12-7-17-32-20-26/h1-17,20,28H,18-19,21-22H2,(H,33,36)/t28-/m1/s1. The predicted octanol–water partition coefficient (Wildman–Crippen LogP) is 4.72. The molecule has 36 heavy (non-hydrogen) atoms. The van der Waals surface area contributed by atoms with Gasteiger partial charge in [0.1, 0.15) is 11.9 Å². The van der Waals surface area contributed by atoms with Crippen LogP contribution < -0.4 is 5.32 Å². The van der Waals surface area contributed by atoms with Crippen LogP contribution in [-0.2, 0) is 35.5 Å². The number of benzene rings is 3. The molecule has 0 aliphatic rings. The number of nitrogens with one attached hydrogen (secondary N) is 1. The zero-order valence-electron chi connectivity index (χ0n) is 19.9. The van der Waals surface area contributed by atoms with E-state index in [2.05, 4.69) is 10.3 Å². The van der Waals surface area contributed by atoms with Crippen LogP contribution in [0.3, 0.4) is 0 Å². The number of carbonyl (C=O) groups excluding carboxylic acids is 2. The summed E-state index contributed by atoms with van der Waals surface area (Å²) in [5, 5.41) is 2.98. The van der Waals surface area contributed by atoms with Crippen LogP contribution in [-0.4, -0.2) is 27.7 Å². The molecule has 6 heteroatoms. The maximum Gasteiger partial charge on any atom is 0.243 e. The summed E-state index contributed by atoms with van der Waals surface area (Å²) in [7, 11) is 0. The Morgan fingerprint density at radius 1 is 0.778 bits per heavy atom. The number of aromatic nitrogens is 1. The third-order valence-corrected chi connectivity index (χ3v) is 5.92. The van der Waals surface area contributed by atoms with Gasteiger partial charge in [-0.25, -0.2) is 4.39 Å². The van der Waals surface area contributed by atoms with E-state index in [1.807, 2.05) is 72.8 Å². The average Bonchev–Trinajstić information content (AvgIpc) is 2.92. The zero-order chi connectivity index (χ0) is 25.2. The molecule has 4 rings (SSSR count). The Bertz CT molecular complexity index is 1250. The molecule has 0 bridgehead atoms. The minimum atomic E-state index is -0.759. The lowest BCUT2D eigenvalue weighted by atomic mass is 10.0. The van der Waals surface area contributed by atoms with Gasteiger partial charge in [0.05, 0.1) is 6.42 Å². The summed E-state index contributed by atoms with van der Waals surface area (Å²) < 4.78 is 13.6. The molecule has 182 valence electrons. The molecular formula is C30H28FN3O2. The molecule has 2 amide bonds. The SMILES string of the molecule is O=C(NCc1cccnc1)[C@@H](Cc1ccccc1)N(Cc1ccc(F)cc1)C(=O)Cc1ccccc1. The molecule has 0 radical (unpaired) electrons. The van der Waals surface area contributed by atoms with E-state index in [9.17, 15) is 14.0 Å². The van der Waals surface area contributed by atoms with Gasteiger partial charge in [0.15, 0.2) is 0 Å². The Kier molecular flexibility index (Phi) is 8.54. The van der Waals surface area contributed by atoms with Gasteiger partial charge >= 0.3 is 0 Å². The van der Waals surface area contributed by atoms with Crippen LogP contribution in [0.15, 0.2) is 109 Å². The highest BCUT2D eigenvalue weighted by Crippen LogP contribution is 2.17. The van der Waals surface area contributed by atoms with Crippen molar-refractivity contribution < 1.29 is 14.0 Å². The molecule has 0 aliphatic heterocycles. The van der Waals surface area contributed by atoms with Crippen molar-refractivity contribution in [2.24, 2.45) is 0 Å². The summed E-state index contributed by atoms with van der Waals surface area (Å²) >= 11 is 0. The van der Waals surface area contributed by atoms with Crippen molar-refractivity contribution in [3.05, 3.63) is 138 Å². The predicted molar refractivity (Wildman–Crippen MR) is 137 cm³/mol. The summed E-state index contributed by atoms with van der Waals surface area (Å²) in [4.78, 5) is 32.9. The van der Waals surface area contributed by atoms with E-state index in [0.29, 0.717) is 13.0 Å². The lowest BCUT2D eigenvalue weighted by Crippen LogP contribution is -2.50. The highest BCUT2D eigenvalue weighted by Gasteiger charge is 2.30. The Morgan fingerprint density at radius 2 is 1.42 bits per heavy atom. The number of rotatable bonds is 10. The van der Waals surface area contributed by atoms with Crippen molar-refractivity contribution in [2.75, 3.05) is 0 Å². The first-order valence-electron chi connectivity index (χ1n) is 11.9. The Balaban J connectivity index is 1.63. The van der Waals surface area contributed by atoms with Crippen molar-refractivity contribution in [3.8, 4) is 0 Å². The summed E-state index contributed by atoms with van der Waals surface area (Å²) in [6, 6.07) is 28.0. The van der Waals surface area contributed by atoms with Crippen LogP contribution in [0.1, 0.15) is 22.3 Å². The maximum absolute atomic E-state index is 13.7. The van der Waals surface area contributed by atoms with Crippen LogP contribution in [0.4, 0.5) is 4.39 Å². The van der Waals surface area contributed by atoms with Crippen molar-refractivity contribution in [1.82, 2.24) is 15.2 Å². The number of carbonyl (C=O) groups is 2. The lowest BCUT2D eigenvalue weighted by molar-refractivity contribution is -0.140. The Morgan fingerprint density at radius 3 is 2.06 bits per heavy atom. The molecule has 0 spiro atoms. The van der Waals surface area contributed by atoms with Crippen molar-refractivity contribution in [3.63, 3.8) is 0 Å². The summed E-state index contributed by atoms with van der Waals surface area (Å²) in [6.07, 6.45) is 3.88. The van der Waals surface area contributed by atoms with E-state index in [1.165, 1.54) is 12.1 Å². The smallest absolute Gasteiger partial charge is 0.243 e. The maximum atomic E-state index is 13.7. The third-order valence-electron chi connectivity index (χ3n) is 5.92. The second-order valence-electron chi connectivity index (χ2n) is 8.60. The monoisotopic (exact) mass is 481 g/mol. The summed E-state index contributed by atoms with van der Waals surface area (Å²) in [5.41, 5.74) is 3.41. The number of amides is 2. The van der Waals surface area contributed by atoms with Gasteiger partial charge in [0.25, 0.3) is 0 Å². The highest BCUT2D eigenvalue weighted by atomic mass is 19.1. The lowest BCUT2D eigenvalue weighted by Gasteiger charge is -2.31. The largest absolute Gasteiger partial charge is 0.350 e. The molecule has 4 aromatic rings. The summed E-state index contributed by atoms with van der Waals surface area (Å²) in [5.74, 6) is -0.787. The molecule has 0 unspecified atom stereocenters. The van der Waals surface area contributed by atoms with E-state index in [1.54, 1.807) is 29.4 Å². The quantitative estimate of drug-likeness (QED) is 0.357. The number of hydrogen-bond acceptors (Lipinski definition) is 3. The van der Waals surface area contributed by atoms with Crippen LogP contribution in [0.5, 0.6) is 0 Å². The molecule has 0 saturated heterocycles. The number of halogens is 1. The fraction of sp³-hybridized carbons (Fsp3) is 0.167. The van der Waals surface area contributed by atoms with Crippen LogP contribution in [0.25, 0.3) is 0 Å². The Hall–Kier alpha value is -4.32. The first kappa shape index (κ1) is 24.8. The van der Waals surface area contributed by atoms with Gasteiger partial charge in [-0.15, -0.1) is 0 Å². The fourth-order valence-electron chi connectivity index (χ4n) is 4.02. The van der Waals surface area contributed by atoms with E-state index in [0.717, 1.165) is 22.3 Å². The number of nitrogens with zero attached hydrogens (tertiary/aromatic N) is 2. The Labute approximate surface area is 210 Å². The first-order chi connectivity index (χ1) is 17.6.